The van der Waals surface area contributed by atoms with Gasteiger partial charge >= 0.3 is 5.97 Å². The van der Waals surface area contributed by atoms with Crippen LogP contribution in [-0.4, -0.2) is 24.3 Å². The van der Waals surface area contributed by atoms with Gasteiger partial charge in [0.25, 0.3) is 5.91 Å². The third-order valence-electron chi connectivity index (χ3n) is 3.91. The number of benzene rings is 3. The van der Waals surface area contributed by atoms with Crippen molar-refractivity contribution >= 4 is 23.3 Å². The lowest BCUT2D eigenvalue weighted by molar-refractivity contribution is -0.119. The van der Waals surface area contributed by atoms with Crippen molar-refractivity contribution in [3.63, 3.8) is 0 Å². The van der Waals surface area contributed by atoms with Gasteiger partial charge in [0.15, 0.2) is 12.4 Å². The Morgan fingerprint density at radius 3 is 2.11 bits per heavy atom. The molecule has 5 nitrogen and oxygen atoms in total. The molecular weight excluding hydrogens is 361 g/mol. The van der Waals surface area contributed by atoms with Crippen LogP contribution in [0.3, 0.4) is 0 Å². The van der Waals surface area contributed by atoms with E-state index >= 15 is 0 Å². The summed E-state index contributed by atoms with van der Waals surface area (Å²) in [6.45, 7) is -0.610. The van der Waals surface area contributed by atoms with Gasteiger partial charge in [0.1, 0.15) is 5.82 Å². The second-order valence-corrected chi connectivity index (χ2v) is 5.84. The quantitative estimate of drug-likeness (QED) is 0.523. The van der Waals surface area contributed by atoms with E-state index in [4.69, 9.17) is 4.74 Å². The maximum absolute atomic E-state index is 13.6. The van der Waals surface area contributed by atoms with Gasteiger partial charge < -0.3 is 10.1 Å². The lowest BCUT2D eigenvalue weighted by Gasteiger charge is -2.11. The molecule has 0 aliphatic rings. The number of nitrogens with one attached hydrogen (secondary N) is 1. The molecule has 0 aliphatic heterocycles. The van der Waals surface area contributed by atoms with E-state index in [1.807, 2.05) is 0 Å². The van der Waals surface area contributed by atoms with Crippen molar-refractivity contribution in [1.82, 2.24) is 0 Å². The molecule has 0 atom stereocenters. The first kappa shape index (κ1) is 19.0. The fourth-order valence-corrected chi connectivity index (χ4v) is 2.56. The lowest BCUT2D eigenvalue weighted by Crippen LogP contribution is -2.22. The molecule has 3 aromatic rings. The van der Waals surface area contributed by atoms with E-state index in [1.54, 1.807) is 54.6 Å². The summed E-state index contributed by atoms with van der Waals surface area (Å²) in [6, 6.07) is 20.5. The summed E-state index contributed by atoms with van der Waals surface area (Å²) in [5, 5.41) is 2.55. The van der Waals surface area contributed by atoms with Crippen LogP contribution in [0.25, 0.3) is 0 Å². The lowest BCUT2D eigenvalue weighted by atomic mass is 10.0. The number of ketones is 1. The summed E-state index contributed by atoms with van der Waals surface area (Å²) >= 11 is 0. The number of halogens is 1. The molecule has 0 saturated heterocycles. The van der Waals surface area contributed by atoms with Crippen molar-refractivity contribution in [3.8, 4) is 0 Å². The van der Waals surface area contributed by atoms with E-state index in [2.05, 4.69) is 5.32 Å². The summed E-state index contributed by atoms with van der Waals surface area (Å²) in [5.41, 5.74) is 0.830. The molecule has 0 bridgehead atoms. The number of rotatable bonds is 6. The van der Waals surface area contributed by atoms with E-state index in [0.717, 1.165) is 6.07 Å². The predicted octanol–water partition coefficient (Wildman–Crippen LogP) is 3.85. The van der Waals surface area contributed by atoms with Crippen LogP contribution in [0, 0.1) is 5.82 Å². The SMILES string of the molecule is O=C(COC(=O)c1ccccc1F)Nc1ccccc1C(=O)c1ccccc1. The molecule has 0 aromatic heterocycles. The Morgan fingerprint density at radius 1 is 0.786 bits per heavy atom. The van der Waals surface area contributed by atoms with Gasteiger partial charge in [0.05, 0.1) is 11.3 Å². The number of carbonyl (C=O) groups is 3. The number of amides is 1. The minimum atomic E-state index is -0.943. The summed E-state index contributed by atoms with van der Waals surface area (Å²) < 4.78 is 18.4. The maximum atomic E-state index is 13.6. The first-order chi connectivity index (χ1) is 13.6. The normalized spacial score (nSPS) is 10.2. The monoisotopic (exact) mass is 377 g/mol. The third kappa shape index (κ3) is 4.48. The molecule has 28 heavy (non-hydrogen) atoms. The van der Waals surface area contributed by atoms with Crippen molar-refractivity contribution in [1.29, 1.82) is 0 Å². The minimum absolute atomic E-state index is 0.250. The molecule has 140 valence electrons. The molecule has 3 rings (SSSR count). The highest BCUT2D eigenvalue weighted by Gasteiger charge is 2.17. The standard InChI is InChI=1S/C22H16FNO4/c23-18-12-6-4-10-16(18)22(27)28-14-20(25)24-19-13-7-5-11-17(19)21(26)15-8-2-1-3-9-15/h1-13H,14H2,(H,24,25). The van der Waals surface area contributed by atoms with Gasteiger partial charge in [0, 0.05) is 11.1 Å². The van der Waals surface area contributed by atoms with E-state index < -0.39 is 24.3 Å². The van der Waals surface area contributed by atoms with Gasteiger partial charge in [-0.3, -0.25) is 9.59 Å². The first-order valence-corrected chi connectivity index (χ1v) is 8.46. The van der Waals surface area contributed by atoms with Crippen LogP contribution in [-0.2, 0) is 9.53 Å². The summed E-state index contributed by atoms with van der Waals surface area (Å²) in [4.78, 5) is 36.7. The largest absolute Gasteiger partial charge is 0.452 e. The Labute approximate surface area is 160 Å². The smallest absolute Gasteiger partial charge is 0.341 e. The van der Waals surface area contributed by atoms with E-state index in [0.29, 0.717) is 16.8 Å². The van der Waals surface area contributed by atoms with Gasteiger partial charge in [-0.25, -0.2) is 9.18 Å². The minimum Gasteiger partial charge on any atom is -0.452 e. The van der Waals surface area contributed by atoms with Crippen molar-refractivity contribution in [3.05, 3.63) is 101 Å². The molecule has 0 fully saturated rings. The van der Waals surface area contributed by atoms with Crippen molar-refractivity contribution in [2.24, 2.45) is 0 Å². The van der Waals surface area contributed by atoms with Crippen molar-refractivity contribution < 1.29 is 23.5 Å². The van der Waals surface area contributed by atoms with Gasteiger partial charge in [-0.05, 0) is 24.3 Å². The summed E-state index contributed by atoms with van der Waals surface area (Å²) in [7, 11) is 0. The van der Waals surface area contributed by atoms with Crippen LogP contribution in [0.1, 0.15) is 26.3 Å². The topological polar surface area (TPSA) is 72.5 Å². The van der Waals surface area contributed by atoms with Crippen LogP contribution in [0.5, 0.6) is 0 Å². The Morgan fingerprint density at radius 2 is 1.39 bits per heavy atom. The van der Waals surface area contributed by atoms with Crippen LogP contribution in [0.4, 0.5) is 10.1 Å². The number of anilines is 1. The number of ether oxygens (including phenoxy) is 1. The zero-order valence-corrected chi connectivity index (χ0v) is 14.7. The number of esters is 1. The molecule has 1 N–H and O–H groups in total. The van der Waals surface area contributed by atoms with Gasteiger partial charge in [0.2, 0.25) is 0 Å². The Balaban J connectivity index is 1.67. The fourth-order valence-electron chi connectivity index (χ4n) is 2.56. The molecule has 0 spiro atoms. The van der Waals surface area contributed by atoms with E-state index in [-0.39, 0.29) is 11.3 Å². The predicted molar refractivity (Wildman–Crippen MR) is 102 cm³/mol. The average molecular weight is 377 g/mol. The molecule has 6 heteroatoms. The molecule has 1 amide bonds. The van der Waals surface area contributed by atoms with Crippen molar-refractivity contribution in [2.45, 2.75) is 0 Å². The highest BCUT2D eigenvalue weighted by Crippen LogP contribution is 2.19. The second-order valence-electron chi connectivity index (χ2n) is 5.84. The van der Waals surface area contributed by atoms with Crippen LogP contribution < -0.4 is 5.32 Å². The van der Waals surface area contributed by atoms with Crippen molar-refractivity contribution in [2.75, 3.05) is 11.9 Å². The molecule has 0 heterocycles. The van der Waals surface area contributed by atoms with Gasteiger partial charge in [-0.1, -0.05) is 54.6 Å². The molecule has 0 aliphatic carbocycles. The number of carbonyl (C=O) groups excluding carboxylic acids is 3. The summed E-state index contributed by atoms with van der Waals surface area (Å²) in [5.74, 6) is -2.56. The molecule has 0 radical (unpaired) electrons. The Bertz CT molecular complexity index is 1020. The van der Waals surface area contributed by atoms with E-state index in [9.17, 15) is 18.8 Å². The van der Waals surface area contributed by atoms with Gasteiger partial charge in [-0.2, -0.15) is 0 Å². The highest BCUT2D eigenvalue weighted by molar-refractivity contribution is 6.13. The average Bonchev–Trinajstić information content (AvgIpc) is 2.73. The number of hydrogen-bond acceptors (Lipinski definition) is 4. The zero-order valence-electron chi connectivity index (χ0n) is 14.7. The Hall–Kier alpha value is -3.80. The number of para-hydroxylation sites is 1. The fraction of sp³-hybridized carbons (Fsp3) is 0.0455. The molecular formula is C22H16FNO4. The maximum Gasteiger partial charge on any atom is 0.341 e. The second kappa shape index (κ2) is 8.73. The highest BCUT2D eigenvalue weighted by atomic mass is 19.1. The van der Waals surface area contributed by atoms with Gasteiger partial charge in [-0.15, -0.1) is 0 Å². The van der Waals surface area contributed by atoms with E-state index in [1.165, 1.54) is 18.2 Å². The Kier molecular flexibility index (Phi) is 5.91. The van der Waals surface area contributed by atoms with Crippen LogP contribution >= 0.6 is 0 Å². The third-order valence-corrected chi connectivity index (χ3v) is 3.91. The molecule has 3 aromatic carbocycles. The molecule has 0 unspecified atom stereocenters. The van der Waals surface area contributed by atoms with Crippen LogP contribution in [0.15, 0.2) is 78.9 Å². The number of hydrogen-bond donors (Lipinski definition) is 1. The summed E-state index contributed by atoms with van der Waals surface area (Å²) in [6.07, 6.45) is 0. The zero-order chi connectivity index (χ0) is 19.9. The first-order valence-electron chi connectivity index (χ1n) is 8.46. The van der Waals surface area contributed by atoms with Crippen LogP contribution in [0.2, 0.25) is 0 Å². The molecule has 0 saturated carbocycles.